The predicted molar refractivity (Wildman–Crippen MR) is 102 cm³/mol. The van der Waals surface area contributed by atoms with Gasteiger partial charge >= 0.3 is 6.18 Å². The number of nitrogens with two attached hydrogens (primary N) is 1. The van der Waals surface area contributed by atoms with E-state index in [1.807, 2.05) is 36.4 Å². The first kappa shape index (κ1) is 19.4. The summed E-state index contributed by atoms with van der Waals surface area (Å²) in [7, 11) is 0. The van der Waals surface area contributed by atoms with Crippen LogP contribution in [0.25, 0.3) is 17.2 Å². The van der Waals surface area contributed by atoms with Crippen molar-refractivity contribution in [3.63, 3.8) is 0 Å². The van der Waals surface area contributed by atoms with Crippen LogP contribution in [-0.4, -0.2) is 10.9 Å². The van der Waals surface area contributed by atoms with Gasteiger partial charge in [-0.1, -0.05) is 36.4 Å². The number of alkyl halides is 3. The van der Waals surface area contributed by atoms with Crippen molar-refractivity contribution in [2.45, 2.75) is 12.6 Å². The summed E-state index contributed by atoms with van der Waals surface area (Å²) in [4.78, 5) is 15.8. The van der Waals surface area contributed by atoms with Crippen LogP contribution >= 0.6 is 0 Å². The lowest BCUT2D eigenvalue weighted by Gasteiger charge is -2.08. The standard InChI is InChI=1S/C22H17F3N2O/c23-22(24,25)20-7-3-16(4-8-20)14-19(21(26)28)13-15-1-5-17(6-2-15)18-9-11-27-12-10-18/h1-12,14H,13H2,(H2,26,28). The number of pyridine rings is 1. The van der Waals surface area contributed by atoms with Gasteiger partial charge in [-0.3, -0.25) is 9.78 Å². The summed E-state index contributed by atoms with van der Waals surface area (Å²) >= 11 is 0. The molecule has 2 aromatic carbocycles. The van der Waals surface area contributed by atoms with Gasteiger partial charge in [0.05, 0.1) is 5.56 Å². The Balaban J connectivity index is 1.79. The first-order chi connectivity index (χ1) is 13.3. The van der Waals surface area contributed by atoms with Crippen LogP contribution in [0.15, 0.2) is 78.6 Å². The highest BCUT2D eigenvalue weighted by Crippen LogP contribution is 2.29. The van der Waals surface area contributed by atoms with E-state index in [4.69, 9.17) is 5.73 Å². The molecule has 3 rings (SSSR count). The molecule has 6 heteroatoms. The van der Waals surface area contributed by atoms with Gasteiger partial charge in [-0.15, -0.1) is 0 Å². The third kappa shape index (κ3) is 4.85. The van der Waals surface area contributed by atoms with Gasteiger partial charge in [0.2, 0.25) is 5.91 Å². The molecule has 0 unspecified atom stereocenters. The Morgan fingerprint density at radius 2 is 1.46 bits per heavy atom. The summed E-state index contributed by atoms with van der Waals surface area (Å²) in [6.45, 7) is 0. The highest BCUT2D eigenvalue weighted by Gasteiger charge is 2.29. The van der Waals surface area contributed by atoms with E-state index in [-0.39, 0.29) is 6.42 Å². The fourth-order valence-electron chi connectivity index (χ4n) is 2.76. The third-order valence-corrected chi connectivity index (χ3v) is 4.26. The number of carbonyl (C=O) groups is 1. The van der Waals surface area contributed by atoms with E-state index in [2.05, 4.69) is 4.98 Å². The summed E-state index contributed by atoms with van der Waals surface area (Å²) in [5, 5.41) is 0. The smallest absolute Gasteiger partial charge is 0.366 e. The number of benzene rings is 2. The molecule has 3 nitrogen and oxygen atoms in total. The molecule has 0 saturated carbocycles. The first-order valence-electron chi connectivity index (χ1n) is 8.50. The molecule has 1 aromatic heterocycles. The van der Waals surface area contributed by atoms with Crippen molar-refractivity contribution in [2.75, 3.05) is 0 Å². The number of hydrogen-bond donors (Lipinski definition) is 1. The van der Waals surface area contributed by atoms with E-state index in [0.29, 0.717) is 11.1 Å². The van der Waals surface area contributed by atoms with Gasteiger partial charge < -0.3 is 5.73 Å². The molecule has 142 valence electrons. The van der Waals surface area contributed by atoms with Gasteiger partial charge in [0.1, 0.15) is 0 Å². The van der Waals surface area contributed by atoms with E-state index >= 15 is 0 Å². The second kappa shape index (κ2) is 8.08. The Bertz CT molecular complexity index is 977. The molecule has 0 aliphatic carbocycles. The van der Waals surface area contributed by atoms with Crippen LogP contribution < -0.4 is 5.73 Å². The normalized spacial score (nSPS) is 12.0. The van der Waals surface area contributed by atoms with Gasteiger partial charge in [-0.2, -0.15) is 13.2 Å². The SMILES string of the molecule is NC(=O)C(=Cc1ccc(C(F)(F)F)cc1)Cc1ccc(-c2ccncc2)cc1. The molecule has 2 N–H and O–H groups in total. The molecule has 0 aliphatic rings. The van der Waals surface area contributed by atoms with Crippen molar-refractivity contribution >= 4 is 12.0 Å². The third-order valence-electron chi connectivity index (χ3n) is 4.26. The maximum absolute atomic E-state index is 12.7. The summed E-state index contributed by atoms with van der Waals surface area (Å²) in [5.74, 6) is -0.613. The van der Waals surface area contributed by atoms with E-state index in [9.17, 15) is 18.0 Å². The Labute approximate surface area is 160 Å². The van der Waals surface area contributed by atoms with Gasteiger partial charge in [-0.05, 0) is 52.6 Å². The fourth-order valence-corrected chi connectivity index (χ4v) is 2.76. The number of nitrogens with zero attached hydrogens (tertiary/aromatic N) is 1. The molecule has 1 amide bonds. The minimum absolute atomic E-state index is 0.285. The molecule has 0 aliphatic heterocycles. The highest BCUT2D eigenvalue weighted by molar-refractivity contribution is 5.97. The number of rotatable bonds is 5. The average Bonchev–Trinajstić information content (AvgIpc) is 2.68. The van der Waals surface area contributed by atoms with Crippen LogP contribution in [0.3, 0.4) is 0 Å². The maximum atomic E-state index is 12.7. The number of halogens is 3. The van der Waals surface area contributed by atoms with Crippen molar-refractivity contribution in [3.05, 3.63) is 95.3 Å². The molecule has 0 fully saturated rings. The van der Waals surface area contributed by atoms with E-state index in [1.165, 1.54) is 18.2 Å². The van der Waals surface area contributed by atoms with Crippen molar-refractivity contribution < 1.29 is 18.0 Å². The summed E-state index contributed by atoms with van der Waals surface area (Å²) in [5.41, 5.74) is 8.42. The first-order valence-corrected chi connectivity index (χ1v) is 8.50. The lowest BCUT2D eigenvalue weighted by Crippen LogP contribution is -2.15. The lowest BCUT2D eigenvalue weighted by molar-refractivity contribution is -0.137. The number of hydrogen-bond acceptors (Lipinski definition) is 2. The highest BCUT2D eigenvalue weighted by atomic mass is 19.4. The van der Waals surface area contributed by atoms with Gasteiger partial charge in [0.15, 0.2) is 0 Å². The quantitative estimate of drug-likeness (QED) is 0.640. The van der Waals surface area contributed by atoms with Gasteiger partial charge in [-0.25, -0.2) is 0 Å². The van der Waals surface area contributed by atoms with E-state index in [0.717, 1.165) is 28.8 Å². The number of aromatic nitrogens is 1. The zero-order valence-corrected chi connectivity index (χ0v) is 14.8. The molecule has 28 heavy (non-hydrogen) atoms. The molecule has 0 spiro atoms. The van der Waals surface area contributed by atoms with E-state index in [1.54, 1.807) is 12.4 Å². The minimum Gasteiger partial charge on any atom is -0.366 e. The summed E-state index contributed by atoms with van der Waals surface area (Å²) in [6, 6.07) is 16.0. The number of carbonyl (C=O) groups excluding carboxylic acids is 1. The Hall–Kier alpha value is -3.41. The molecular formula is C22H17F3N2O. The van der Waals surface area contributed by atoms with Crippen molar-refractivity contribution in [1.29, 1.82) is 0 Å². The van der Waals surface area contributed by atoms with Crippen molar-refractivity contribution in [1.82, 2.24) is 4.98 Å². The van der Waals surface area contributed by atoms with Crippen molar-refractivity contribution in [2.24, 2.45) is 5.73 Å². The average molecular weight is 382 g/mol. The fraction of sp³-hybridized carbons (Fsp3) is 0.0909. The van der Waals surface area contributed by atoms with Gasteiger partial charge in [0.25, 0.3) is 0 Å². The topological polar surface area (TPSA) is 56.0 Å². The van der Waals surface area contributed by atoms with Crippen LogP contribution in [0.1, 0.15) is 16.7 Å². The molecule has 3 aromatic rings. The molecular weight excluding hydrogens is 365 g/mol. The van der Waals surface area contributed by atoms with Crippen molar-refractivity contribution in [3.8, 4) is 11.1 Å². The van der Waals surface area contributed by atoms with Gasteiger partial charge in [0, 0.05) is 24.4 Å². The van der Waals surface area contributed by atoms with Crippen LogP contribution in [0.4, 0.5) is 13.2 Å². The van der Waals surface area contributed by atoms with Crippen LogP contribution in [0.5, 0.6) is 0 Å². The Kier molecular flexibility index (Phi) is 5.59. The predicted octanol–water partition coefficient (Wildman–Crippen LogP) is 4.88. The maximum Gasteiger partial charge on any atom is 0.416 e. The Morgan fingerprint density at radius 3 is 2.00 bits per heavy atom. The summed E-state index contributed by atoms with van der Waals surface area (Å²) in [6.07, 6.45) is 0.819. The molecule has 0 bridgehead atoms. The molecule has 0 atom stereocenters. The number of amides is 1. The summed E-state index contributed by atoms with van der Waals surface area (Å²) < 4.78 is 38.0. The molecule has 0 saturated heterocycles. The zero-order valence-electron chi connectivity index (χ0n) is 14.8. The monoisotopic (exact) mass is 382 g/mol. The van der Waals surface area contributed by atoms with Crippen LogP contribution in [-0.2, 0) is 17.4 Å². The molecule has 1 heterocycles. The second-order valence-corrected chi connectivity index (χ2v) is 6.26. The zero-order chi connectivity index (χ0) is 20.1. The number of primary amides is 1. The molecule has 0 radical (unpaired) electrons. The van der Waals surface area contributed by atoms with E-state index < -0.39 is 17.6 Å². The lowest BCUT2D eigenvalue weighted by atomic mass is 9.99. The largest absolute Gasteiger partial charge is 0.416 e. The van der Waals surface area contributed by atoms with Crippen LogP contribution in [0, 0.1) is 0 Å². The van der Waals surface area contributed by atoms with Crippen LogP contribution in [0.2, 0.25) is 0 Å². The Morgan fingerprint density at radius 1 is 0.893 bits per heavy atom. The minimum atomic E-state index is -4.40. The second-order valence-electron chi connectivity index (χ2n) is 6.26.